The summed E-state index contributed by atoms with van der Waals surface area (Å²) < 4.78 is 1.72. The summed E-state index contributed by atoms with van der Waals surface area (Å²) in [6, 6.07) is 8.12. The Labute approximate surface area is 154 Å². The summed E-state index contributed by atoms with van der Waals surface area (Å²) in [6.07, 6.45) is 0.809. The number of nitrogens with two attached hydrogens (primary N) is 1. The standard InChI is InChI=1S/C18H25N5O.ClH/c1-12-5-7-14(8-6-12)23-13(2)16(20-21-23)17(24)22-10-9-15(19)18(3,4)11-22;/h5-8,15H,9-11,19H2,1-4H3;1H. The molecular formula is C18H26ClN5O. The number of likely N-dealkylation sites (tertiary alicyclic amines) is 1. The molecule has 7 heteroatoms. The Morgan fingerprint density at radius 1 is 1.24 bits per heavy atom. The lowest BCUT2D eigenvalue weighted by atomic mass is 9.79. The number of benzene rings is 1. The molecular weight excluding hydrogens is 338 g/mol. The van der Waals surface area contributed by atoms with Gasteiger partial charge < -0.3 is 10.6 Å². The first-order valence-corrected chi connectivity index (χ1v) is 8.34. The second kappa shape index (κ2) is 7.14. The van der Waals surface area contributed by atoms with E-state index in [0.29, 0.717) is 18.8 Å². The molecule has 1 saturated heterocycles. The lowest BCUT2D eigenvalue weighted by molar-refractivity contribution is 0.0526. The third-order valence-corrected chi connectivity index (χ3v) is 4.98. The van der Waals surface area contributed by atoms with Crippen molar-refractivity contribution >= 4 is 18.3 Å². The zero-order valence-corrected chi connectivity index (χ0v) is 16.0. The van der Waals surface area contributed by atoms with Crippen molar-refractivity contribution in [2.45, 2.75) is 40.2 Å². The average molecular weight is 364 g/mol. The van der Waals surface area contributed by atoms with Crippen LogP contribution >= 0.6 is 12.4 Å². The molecule has 25 heavy (non-hydrogen) atoms. The number of aromatic nitrogens is 3. The molecule has 0 radical (unpaired) electrons. The van der Waals surface area contributed by atoms with Crippen LogP contribution in [-0.2, 0) is 0 Å². The molecule has 136 valence electrons. The van der Waals surface area contributed by atoms with Crippen molar-refractivity contribution in [1.29, 1.82) is 0 Å². The minimum Gasteiger partial charge on any atom is -0.337 e. The van der Waals surface area contributed by atoms with E-state index in [-0.39, 0.29) is 29.8 Å². The van der Waals surface area contributed by atoms with Crippen molar-refractivity contribution in [3.8, 4) is 5.69 Å². The molecule has 1 aliphatic heterocycles. The number of carbonyl (C=O) groups is 1. The van der Waals surface area contributed by atoms with E-state index in [0.717, 1.165) is 17.8 Å². The van der Waals surface area contributed by atoms with Crippen molar-refractivity contribution in [2.75, 3.05) is 13.1 Å². The number of piperidine rings is 1. The normalized spacial score (nSPS) is 19.4. The van der Waals surface area contributed by atoms with E-state index in [1.165, 1.54) is 5.56 Å². The van der Waals surface area contributed by atoms with E-state index in [1.807, 2.05) is 43.0 Å². The third-order valence-electron chi connectivity index (χ3n) is 4.98. The van der Waals surface area contributed by atoms with Crippen molar-refractivity contribution < 1.29 is 4.79 Å². The summed E-state index contributed by atoms with van der Waals surface area (Å²) in [5.41, 5.74) is 9.34. The van der Waals surface area contributed by atoms with Gasteiger partial charge in [0, 0.05) is 19.1 Å². The van der Waals surface area contributed by atoms with Crippen molar-refractivity contribution in [3.05, 3.63) is 41.2 Å². The van der Waals surface area contributed by atoms with Gasteiger partial charge in [-0.25, -0.2) is 4.68 Å². The highest BCUT2D eigenvalue weighted by Gasteiger charge is 2.36. The van der Waals surface area contributed by atoms with Gasteiger partial charge in [0.15, 0.2) is 5.69 Å². The number of halogens is 1. The number of carbonyl (C=O) groups excluding carboxylic acids is 1. The number of amides is 1. The zero-order valence-electron chi connectivity index (χ0n) is 15.2. The second-order valence-electron chi connectivity index (χ2n) is 7.38. The molecule has 2 heterocycles. The van der Waals surface area contributed by atoms with Gasteiger partial charge in [0.2, 0.25) is 0 Å². The number of nitrogens with zero attached hydrogens (tertiary/aromatic N) is 4. The second-order valence-corrected chi connectivity index (χ2v) is 7.38. The van der Waals surface area contributed by atoms with Gasteiger partial charge in [-0.2, -0.15) is 0 Å². The predicted octanol–water partition coefficient (Wildman–Crippen LogP) is 2.51. The number of rotatable bonds is 2. The first-order valence-electron chi connectivity index (χ1n) is 8.34. The maximum atomic E-state index is 12.9. The summed E-state index contributed by atoms with van der Waals surface area (Å²) in [5.74, 6) is -0.0640. The SMILES string of the molecule is Cc1ccc(-n2nnc(C(=O)N3CCC(N)C(C)(C)C3)c2C)cc1.Cl. The van der Waals surface area contributed by atoms with E-state index in [1.54, 1.807) is 4.68 Å². The first kappa shape index (κ1) is 19.4. The molecule has 1 aromatic heterocycles. The third kappa shape index (κ3) is 3.70. The van der Waals surface area contributed by atoms with Crippen LogP contribution in [0.15, 0.2) is 24.3 Å². The molecule has 1 unspecified atom stereocenters. The highest BCUT2D eigenvalue weighted by Crippen LogP contribution is 2.28. The van der Waals surface area contributed by atoms with Crippen LogP contribution in [0.25, 0.3) is 5.69 Å². The molecule has 0 bridgehead atoms. The number of hydrogen-bond donors (Lipinski definition) is 1. The van der Waals surface area contributed by atoms with Gasteiger partial charge in [-0.1, -0.05) is 36.8 Å². The number of aryl methyl sites for hydroxylation is 1. The largest absolute Gasteiger partial charge is 0.337 e. The van der Waals surface area contributed by atoms with Gasteiger partial charge in [-0.3, -0.25) is 4.79 Å². The van der Waals surface area contributed by atoms with Crippen molar-refractivity contribution in [2.24, 2.45) is 11.1 Å². The molecule has 1 aromatic carbocycles. The Hall–Kier alpha value is -1.92. The number of hydrogen-bond acceptors (Lipinski definition) is 4. The molecule has 1 fully saturated rings. The highest BCUT2D eigenvalue weighted by atomic mass is 35.5. The molecule has 3 rings (SSSR count). The fraction of sp³-hybridized carbons (Fsp3) is 0.500. The summed E-state index contributed by atoms with van der Waals surface area (Å²) >= 11 is 0. The lowest BCUT2D eigenvalue weighted by Gasteiger charge is -2.42. The summed E-state index contributed by atoms with van der Waals surface area (Å²) in [5, 5.41) is 8.32. The van der Waals surface area contributed by atoms with Gasteiger partial charge in [-0.15, -0.1) is 17.5 Å². The van der Waals surface area contributed by atoms with E-state index >= 15 is 0 Å². The first-order chi connectivity index (χ1) is 11.3. The Balaban J connectivity index is 0.00000225. The monoisotopic (exact) mass is 363 g/mol. The van der Waals surface area contributed by atoms with Gasteiger partial charge in [0.05, 0.1) is 11.4 Å². The molecule has 2 aromatic rings. The Bertz CT molecular complexity index is 753. The van der Waals surface area contributed by atoms with E-state index in [2.05, 4.69) is 24.2 Å². The van der Waals surface area contributed by atoms with Crippen molar-refractivity contribution in [1.82, 2.24) is 19.9 Å². The molecule has 0 aliphatic carbocycles. The zero-order chi connectivity index (χ0) is 17.5. The van der Waals surface area contributed by atoms with Crippen LogP contribution in [0.2, 0.25) is 0 Å². The summed E-state index contributed by atoms with van der Waals surface area (Å²) in [4.78, 5) is 14.7. The van der Waals surface area contributed by atoms with Gasteiger partial charge in [0.25, 0.3) is 5.91 Å². The molecule has 1 atom stereocenters. The van der Waals surface area contributed by atoms with Crippen LogP contribution in [0.5, 0.6) is 0 Å². The molecule has 0 saturated carbocycles. The fourth-order valence-corrected chi connectivity index (χ4v) is 3.15. The van der Waals surface area contributed by atoms with Crippen molar-refractivity contribution in [3.63, 3.8) is 0 Å². The smallest absolute Gasteiger partial charge is 0.276 e. The average Bonchev–Trinajstić information content (AvgIpc) is 2.92. The Morgan fingerprint density at radius 3 is 2.48 bits per heavy atom. The Morgan fingerprint density at radius 2 is 1.88 bits per heavy atom. The maximum Gasteiger partial charge on any atom is 0.276 e. The predicted molar refractivity (Wildman–Crippen MR) is 100 cm³/mol. The van der Waals surface area contributed by atoms with Crippen LogP contribution in [0.3, 0.4) is 0 Å². The lowest BCUT2D eigenvalue weighted by Crippen LogP contribution is -2.54. The van der Waals surface area contributed by atoms with E-state index in [4.69, 9.17) is 5.73 Å². The van der Waals surface area contributed by atoms with Gasteiger partial charge in [-0.05, 0) is 37.8 Å². The summed E-state index contributed by atoms with van der Waals surface area (Å²) in [7, 11) is 0. The molecule has 1 aliphatic rings. The maximum absolute atomic E-state index is 12.9. The Kier molecular flexibility index (Phi) is 5.54. The summed E-state index contributed by atoms with van der Waals surface area (Å²) in [6.45, 7) is 9.44. The molecule has 2 N–H and O–H groups in total. The van der Waals surface area contributed by atoms with Crippen LogP contribution in [0, 0.1) is 19.3 Å². The quantitative estimate of drug-likeness (QED) is 0.889. The van der Waals surface area contributed by atoms with Crippen LogP contribution in [-0.4, -0.2) is 44.9 Å². The molecule has 0 spiro atoms. The van der Waals surface area contributed by atoms with Crippen LogP contribution in [0.4, 0.5) is 0 Å². The minimum absolute atomic E-state index is 0. The van der Waals surface area contributed by atoms with Crippen LogP contribution in [0.1, 0.15) is 42.0 Å². The molecule has 6 nitrogen and oxygen atoms in total. The molecule has 1 amide bonds. The topological polar surface area (TPSA) is 77.0 Å². The van der Waals surface area contributed by atoms with E-state index < -0.39 is 0 Å². The highest BCUT2D eigenvalue weighted by molar-refractivity contribution is 5.93. The fourth-order valence-electron chi connectivity index (χ4n) is 3.15. The minimum atomic E-state index is -0.0885. The van der Waals surface area contributed by atoms with Gasteiger partial charge >= 0.3 is 0 Å². The van der Waals surface area contributed by atoms with E-state index in [9.17, 15) is 4.79 Å². The van der Waals surface area contributed by atoms with Gasteiger partial charge in [0.1, 0.15) is 0 Å². The van der Waals surface area contributed by atoms with Crippen LogP contribution < -0.4 is 5.73 Å².